The molecule has 1 aromatic carbocycles. The predicted octanol–water partition coefficient (Wildman–Crippen LogP) is 1.20. The Morgan fingerprint density at radius 3 is 3.11 bits per heavy atom. The highest BCUT2D eigenvalue weighted by molar-refractivity contribution is 7.81. The highest BCUT2D eigenvalue weighted by Gasteiger charge is 2.19. The van der Waals surface area contributed by atoms with Crippen LogP contribution in [0.4, 0.5) is 15.8 Å². The number of ether oxygens (including phenoxy) is 1. The van der Waals surface area contributed by atoms with E-state index in [0.717, 1.165) is 11.4 Å². The summed E-state index contributed by atoms with van der Waals surface area (Å²) in [6.07, 6.45) is 0. The number of alkyl halides is 1. The zero-order chi connectivity index (χ0) is 13.0. The van der Waals surface area contributed by atoms with Crippen LogP contribution in [0.15, 0.2) is 18.2 Å². The zero-order valence-corrected chi connectivity index (χ0v) is 10.5. The van der Waals surface area contributed by atoms with E-state index >= 15 is 0 Å². The Hall–Kier alpha value is -1.63. The summed E-state index contributed by atoms with van der Waals surface area (Å²) in [5.74, 6) is 0.0400. The highest BCUT2D eigenvalue weighted by Crippen LogP contribution is 2.37. The number of rotatable bonds is 5. The lowest BCUT2D eigenvalue weighted by Gasteiger charge is -2.10. The number of nitrogens with one attached hydrogen (secondary N) is 3. The number of hydrogen-bond acceptors (Lipinski definition) is 5. The quantitative estimate of drug-likeness (QED) is 0.480. The zero-order valence-electron chi connectivity index (χ0n) is 9.57. The summed E-state index contributed by atoms with van der Waals surface area (Å²) in [6, 6.07) is 5.58. The van der Waals surface area contributed by atoms with Gasteiger partial charge in [0.1, 0.15) is 23.5 Å². The maximum absolute atomic E-state index is 11.9. The molecule has 0 saturated carbocycles. The van der Waals surface area contributed by atoms with Gasteiger partial charge in [-0.25, -0.2) is 4.39 Å². The van der Waals surface area contributed by atoms with Crippen molar-refractivity contribution in [2.45, 2.75) is 5.50 Å². The molecular formula is C11H14FN3O2S. The Kier molecular flexibility index (Phi) is 4.14. The molecule has 0 bridgehead atoms. The van der Waals surface area contributed by atoms with Crippen LogP contribution in [0.1, 0.15) is 0 Å². The summed E-state index contributed by atoms with van der Waals surface area (Å²) in [4.78, 5) is 10.7. The number of benzene rings is 1. The number of hydrogen-bond donors (Lipinski definition) is 4. The second-order valence-electron chi connectivity index (χ2n) is 3.70. The standard InChI is InChI=1S/C11H14FN3O2S/c12-6-9(16)13-4-5-17-8-3-1-2-7-10(8)15-11(18)14-7/h1-3,11,14-15,18H,4-6H2,(H,13,16). The Morgan fingerprint density at radius 1 is 1.50 bits per heavy atom. The van der Waals surface area contributed by atoms with Gasteiger partial charge < -0.3 is 20.7 Å². The van der Waals surface area contributed by atoms with Crippen molar-refractivity contribution in [3.05, 3.63) is 18.2 Å². The topological polar surface area (TPSA) is 62.4 Å². The van der Waals surface area contributed by atoms with Crippen LogP contribution >= 0.6 is 12.6 Å². The van der Waals surface area contributed by atoms with Gasteiger partial charge in [-0.2, -0.15) is 0 Å². The van der Waals surface area contributed by atoms with Crippen LogP contribution in [-0.2, 0) is 4.79 Å². The maximum atomic E-state index is 11.9. The molecule has 7 heteroatoms. The molecule has 0 aromatic heterocycles. The van der Waals surface area contributed by atoms with Crippen LogP contribution in [0.25, 0.3) is 0 Å². The summed E-state index contributed by atoms with van der Waals surface area (Å²) in [5.41, 5.74) is 1.62. The molecule has 3 N–H and O–H groups in total. The van der Waals surface area contributed by atoms with Gasteiger partial charge in [-0.15, -0.1) is 12.6 Å². The van der Waals surface area contributed by atoms with Crippen molar-refractivity contribution in [3.63, 3.8) is 0 Å². The normalized spacial score (nSPS) is 16.4. The average Bonchev–Trinajstić information content (AvgIpc) is 2.75. The van der Waals surface area contributed by atoms with E-state index in [2.05, 4.69) is 28.6 Å². The van der Waals surface area contributed by atoms with Gasteiger partial charge in [0.05, 0.1) is 12.2 Å². The molecule has 0 saturated heterocycles. The van der Waals surface area contributed by atoms with Gasteiger partial charge in [-0.05, 0) is 12.1 Å². The van der Waals surface area contributed by atoms with E-state index in [1.807, 2.05) is 18.2 Å². The average molecular weight is 271 g/mol. The molecule has 98 valence electrons. The number of carbonyl (C=O) groups excluding carboxylic acids is 1. The number of amides is 1. The molecule has 18 heavy (non-hydrogen) atoms. The summed E-state index contributed by atoms with van der Waals surface area (Å²) >= 11 is 4.26. The van der Waals surface area contributed by atoms with E-state index < -0.39 is 12.6 Å². The molecule has 1 amide bonds. The SMILES string of the molecule is O=C(CF)NCCOc1cccc2c1NC(S)N2. The predicted molar refractivity (Wildman–Crippen MR) is 70.9 cm³/mol. The number of para-hydroxylation sites is 1. The van der Waals surface area contributed by atoms with Gasteiger partial charge >= 0.3 is 0 Å². The van der Waals surface area contributed by atoms with Crippen LogP contribution in [0.3, 0.4) is 0 Å². The van der Waals surface area contributed by atoms with E-state index in [-0.39, 0.29) is 18.6 Å². The van der Waals surface area contributed by atoms with E-state index in [1.54, 1.807) is 0 Å². The van der Waals surface area contributed by atoms with Crippen molar-refractivity contribution < 1.29 is 13.9 Å². The third-order valence-corrected chi connectivity index (χ3v) is 2.66. The molecule has 0 fully saturated rings. The molecule has 2 rings (SSSR count). The minimum Gasteiger partial charge on any atom is -0.490 e. The lowest BCUT2D eigenvalue weighted by atomic mass is 10.2. The van der Waals surface area contributed by atoms with Crippen molar-refractivity contribution >= 4 is 29.9 Å². The largest absolute Gasteiger partial charge is 0.490 e. The number of carbonyl (C=O) groups is 1. The van der Waals surface area contributed by atoms with E-state index in [1.165, 1.54) is 0 Å². The lowest BCUT2D eigenvalue weighted by Crippen LogP contribution is -2.29. The second kappa shape index (κ2) is 5.81. The molecule has 1 aliphatic heterocycles. The lowest BCUT2D eigenvalue weighted by molar-refractivity contribution is -0.122. The molecule has 0 spiro atoms. The Balaban J connectivity index is 1.87. The Labute approximate surface area is 109 Å². The molecule has 0 aliphatic carbocycles. The first-order chi connectivity index (χ1) is 8.70. The summed E-state index contributed by atoms with van der Waals surface area (Å²) in [5, 5.41) is 8.61. The highest BCUT2D eigenvalue weighted by atomic mass is 32.1. The first kappa shape index (κ1) is 12.8. The van der Waals surface area contributed by atoms with Crippen LogP contribution in [0.2, 0.25) is 0 Å². The summed E-state index contributed by atoms with van der Waals surface area (Å²) < 4.78 is 17.4. The van der Waals surface area contributed by atoms with Crippen LogP contribution in [0, 0.1) is 0 Å². The van der Waals surface area contributed by atoms with E-state index in [9.17, 15) is 9.18 Å². The van der Waals surface area contributed by atoms with Gasteiger partial charge in [0.25, 0.3) is 5.91 Å². The third kappa shape index (κ3) is 2.98. The fraction of sp³-hybridized carbons (Fsp3) is 0.364. The fourth-order valence-electron chi connectivity index (χ4n) is 1.64. The smallest absolute Gasteiger partial charge is 0.251 e. The Bertz CT molecular complexity index is 444. The van der Waals surface area contributed by atoms with Crippen LogP contribution in [0.5, 0.6) is 5.75 Å². The van der Waals surface area contributed by atoms with Gasteiger partial charge in [0.15, 0.2) is 6.67 Å². The monoisotopic (exact) mass is 271 g/mol. The molecule has 1 atom stereocenters. The summed E-state index contributed by atoms with van der Waals surface area (Å²) in [7, 11) is 0. The molecule has 5 nitrogen and oxygen atoms in total. The fourth-order valence-corrected chi connectivity index (χ4v) is 1.91. The molecular weight excluding hydrogens is 257 g/mol. The first-order valence-corrected chi connectivity index (χ1v) is 6.02. The molecule has 1 unspecified atom stereocenters. The number of thiol groups is 1. The van der Waals surface area contributed by atoms with Crippen LogP contribution < -0.4 is 20.7 Å². The Morgan fingerprint density at radius 2 is 2.33 bits per heavy atom. The van der Waals surface area contributed by atoms with Gasteiger partial charge in [-0.3, -0.25) is 4.79 Å². The number of halogens is 1. The molecule has 1 aromatic rings. The molecule has 0 radical (unpaired) electrons. The third-order valence-electron chi connectivity index (χ3n) is 2.40. The van der Waals surface area contributed by atoms with Gasteiger partial charge in [0.2, 0.25) is 0 Å². The van der Waals surface area contributed by atoms with Crippen molar-refractivity contribution in [2.24, 2.45) is 0 Å². The molecule has 1 heterocycles. The maximum Gasteiger partial charge on any atom is 0.251 e. The van der Waals surface area contributed by atoms with E-state index in [0.29, 0.717) is 5.75 Å². The molecule has 1 aliphatic rings. The van der Waals surface area contributed by atoms with Crippen LogP contribution in [-0.4, -0.2) is 31.2 Å². The minimum atomic E-state index is -1.01. The number of fused-ring (bicyclic) bond motifs is 1. The second-order valence-corrected chi connectivity index (χ2v) is 4.22. The van der Waals surface area contributed by atoms with Crippen molar-refractivity contribution in [1.82, 2.24) is 5.32 Å². The van der Waals surface area contributed by atoms with Gasteiger partial charge in [0, 0.05) is 0 Å². The minimum absolute atomic E-state index is 0.143. The van der Waals surface area contributed by atoms with Crippen molar-refractivity contribution in [3.8, 4) is 5.75 Å². The van der Waals surface area contributed by atoms with Crippen molar-refractivity contribution in [1.29, 1.82) is 0 Å². The van der Waals surface area contributed by atoms with Gasteiger partial charge in [-0.1, -0.05) is 6.07 Å². The number of anilines is 2. The van der Waals surface area contributed by atoms with Crippen molar-refractivity contribution in [2.75, 3.05) is 30.5 Å². The first-order valence-electron chi connectivity index (χ1n) is 5.50. The van der Waals surface area contributed by atoms with E-state index in [4.69, 9.17) is 4.74 Å². The summed E-state index contributed by atoms with van der Waals surface area (Å²) in [6.45, 7) is -0.460.